The first kappa shape index (κ1) is 23.3. The fourth-order valence-electron chi connectivity index (χ4n) is 4.98. The second-order valence-electron chi connectivity index (χ2n) is 10.3. The van der Waals surface area contributed by atoms with E-state index in [9.17, 15) is 9.59 Å². The minimum absolute atomic E-state index is 0.0834. The Kier molecular flexibility index (Phi) is 6.23. The Morgan fingerprint density at radius 1 is 1.26 bits per heavy atom. The molecule has 0 bridgehead atoms. The van der Waals surface area contributed by atoms with Crippen molar-refractivity contribution in [2.75, 3.05) is 11.5 Å². The van der Waals surface area contributed by atoms with E-state index in [-0.39, 0.29) is 28.7 Å². The first-order valence-electron chi connectivity index (χ1n) is 11.4. The highest BCUT2D eigenvalue weighted by atomic mass is 16.5. The van der Waals surface area contributed by atoms with Gasteiger partial charge < -0.3 is 9.64 Å². The lowest BCUT2D eigenvalue weighted by atomic mass is 9.74. The Balaban J connectivity index is 1.91. The van der Waals surface area contributed by atoms with Crippen LogP contribution >= 0.6 is 0 Å². The maximum atomic E-state index is 12.8. The molecule has 1 aliphatic carbocycles. The van der Waals surface area contributed by atoms with E-state index in [0.29, 0.717) is 18.9 Å². The van der Waals surface area contributed by atoms with Gasteiger partial charge in [0.15, 0.2) is 0 Å². The topological polar surface area (TPSA) is 46.6 Å². The summed E-state index contributed by atoms with van der Waals surface area (Å²) in [5.74, 6) is 0.353. The Bertz CT molecular complexity index is 953. The van der Waals surface area contributed by atoms with Crippen LogP contribution in [0.1, 0.15) is 78.0 Å². The monoisotopic (exact) mass is 423 g/mol. The zero-order chi connectivity index (χ0) is 23.1. The number of fused-ring (bicyclic) bond motifs is 1. The Labute approximate surface area is 187 Å². The van der Waals surface area contributed by atoms with Crippen LogP contribution in [0.3, 0.4) is 0 Å². The number of hydrogen-bond acceptors (Lipinski definition) is 3. The van der Waals surface area contributed by atoms with E-state index in [1.165, 1.54) is 16.7 Å². The molecule has 1 aromatic rings. The van der Waals surface area contributed by atoms with Gasteiger partial charge in [0.25, 0.3) is 0 Å². The number of ether oxygens (including phenoxy) is 1. The molecule has 1 aliphatic heterocycles. The molecule has 0 aromatic heterocycles. The molecule has 3 rings (SSSR count). The van der Waals surface area contributed by atoms with Crippen molar-refractivity contribution in [3.05, 3.63) is 52.6 Å². The van der Waals surface area contributed by atoms with Crippen LogP contribution in [0.4, 0.5) is 5.69 Å². The Hall–Kier alpha value is -2.36. The van der Waals surface area contributed by atoms with E-state index in [0.717, 1.165) is 17.7 Å². The van der Waals surface area contributed by atoms with Crippen LogP contribution in [-0.2, 0) is 25.2 Å². The molecule has 1 saturated carbocycles. The lowest BCUT2D eigenvalue weighted by molar-refractivity contribution is -0.137. The van der Waals surface area contributed by atoms with Crippen LogP contribution < -0.4 is 4.90 Å². The van der Waals surface area contributed by atoms with Gasteiger partial charge in [-0.3, -0.25) is 4.79 Å². The summed E-state index contributed by atoms with van der Waals surface area (Å²) in [5.41, 5.74) is 5.78. The molecule has 0 saturated heterocycles. The number of allylic oxidation sites excluding steroid dienone is 3. The quantitative estimate of drug-likeness (QED) is 0.332. The van der Waals surface area contributed by atoms with Crippen LogP contribution in [0.25, 0.3) is 0 Å². The Morgan fingerprint density at radius 2 is 1.94 bits per heavy atom. The summed E-state index contributed by atoms with van der Waals surface area (Å²) < 4.78 is 4.99. The number of carbonyl (C=O) groups is 2. The predicted octanol–water partition coefficient (Wildman–Crippen LogP) is 5.76. The number of hydrogen-bond donors (Lipinski definition) is 0. The van der Waals surface area contributed by atoms with Crippen LogP contribution in [0.2, 0.25) is 0 Å². The van der Waals surface area contributed by atoms with Crippen molar-refractivity contribution >= 4 is 17.6 Å². The van der Waals surface area contributed by atoms with E-state index < -0.39 is 0 Å². The molecule has 0 N–H and O–H groups in total. The third-order valence-electron chi connectivity index (χ3n) is 6.85. The molecular formula is C27H37NO3. The van der Waals surface area contributed by atoms with Gasteiger partial charge in [0.2, 0.25) is 5.91 Å². The highest BCUT2D eigenvalue weighted by Gasteiger charge is 2.51. The summed E-state index contributed by atoms with van der Waals surface area (Å²) in [6, 6.07) is 4.73. The second kappa shape index (κ2) is 8.29. The number of carbonyl (C=O) groups excluding carboxylic acids is 2. The van der Waals surface area contributed by atoms with E-state index >= 15 is 0 Å². The van der Waals surface area contributed by atoms with Crippen molar-refractivity contribution in [3.8, 4) is 0 Å². The number of anilines is 1. The van der Waals surface area contributed by atoms with E-state index in [1.54, 1.807) is 6.08 Å². The molecule has 1 unspecified atom stereocenters. The minimum atomic E-state index is -0.291. The molecule has 2 atom stereocenters. The number of benzene rings is 1. The molecule has 0 spiro atoms. The number of aryl methyl sites for hydroxylation is 1. The minimum Gasteiger partial charge on any atom is -0.463 e. The van der Waals surface area contributed by atoms with Crippen molar-refractivity contribution in [1.82, 2.24) is 0 Å². The molecule has 4 nitrogen and oxygen atoms in total. The summed E-state index contributed by atoms with van der Waals surface area (Å²) in [4.78, 5) is 26.4. The molecule has 2 aliphatic rings. The van der Waals surface area contributed by atoms with E-state index in [2.05, 4.69) is 59.8 Å². The number of amides is 1. The molecule has 31 heavy (non-hydrogen) atoms. The van der Waals surface area contributed by atoms with Gasteiger partial charge in [0.1, 0.15) is 0 Å². The largest absolute Gasteiger partial charge is 0.463 e. The summed E-state index contributed by atoms with van der Waals surface area (Å²) in [6.45, 7) is 17.1. The molecular weight excluding hydrogens is 386 g/mol. The lowest BCUT2D eigenvalue weighted by Gasteiger charge is -2.41. The average Bonchev–Trinajstić information content (AvgIpc) is 3.29. The first-order chi connectivity index (χ1) is 14.4. The average molecular weight is 424 g/mol. The van der Waals surface area contributed by atoms with Crippen LogP contribution in [-0.4, -0.2) is 24.5 Å². The number of nitrogens with zero attached hydrogens (tertiary/aromatic N) is 1. The molecule has 168 valence electrons. The predicted molar refractivity (Wildman–Crippen MR) is 126 cm³/mol. The van der Waals surface area contributed by atoms with Gasteiger partial charge in [-0.15, -0.1) is 0 Å². The third-order valence-corrected chi connectivity index (χ3v) is 6.85. The van der Waals surface area contributed by atoms with Gasteiger partial charge in [-0.1, -0.05) is 39.0 Å². The van der Waals surface area contributed by atoms with Crippen molar-refractivity contribution in [2.24, 2.45) is 5.92 Å². The standard InChI is InChI=1S/C27H37NO3/c1-9-31-25(30)12-18(4)10-11-20-15-27(20,8)21-14-22-23(13-19(21)5)28(17(2)3)24(29)16-26(22,6)7/h10-14,17,20H,9,15-16H2,1-8H3/b11-10+,18-12+/t20?,27-/m0/s1. The highest BCUT2D eigenvalue weighted by molar-refractivity contribution is 5.98. The first-order valence-corrected chi connectivity index (χ1v) is 11.4. The molecule has 1 heterocycles. The normalized spacial score (nSPS) is 25.2. The third kappa shape index (κ3) is 4.49. The van der Waals surface area contributed by atoms with Gasteiger partial charge in [-0.05, 0) is 80.7 Å². The molecule has 4 heteroatoms. The van der Waals surface area contributed by atoms with Gasteiger partial charge in [-0.2, -0.15) is 0 Å². The molecule has 1 fully saturated rings. The van der Waals surface area contributed by atoms with Gasteiger partial charge in [-0.25, -0.2) is 4.79 Å². The van der Waals surface area contributed by atoms with Crippen molar-refractivity contribution < 1.29 is 14.3 Å². The van der Waals surface area contributed by atoms with Gasteiger partial charge in [0.05, 0.1) is 6.61 Å². The molecule has 1 amide bonds. The maximum Gasteiger partial charge on any atom is 0.330 e. The lowest BCUT2D eigenvalue weighted by Crippen LogP contribution is -2.45. The highest BCUT2D eigenvalue weighted by Crippen LogP contribution is 2.57. The van der Waals surface area contributed by atoms with Crippen LogP contribution in [0, 0.1) is 12.8 Å². The smallest absolute Gasteiger partial charge is 0.330 e. The zero-order valence-electron chi connectivity index (χ0n) is 20.3. The van der Waals surface area contributed by atoms with Gasteiger partial charge >= 0.3 is 5.97 Å². The summed E-state index contributed by atoms with van der Waals surface area (Å²) in [5, 5.41) is 0. The SMILES string of the molecule is CCOC(=O)/C=C(C)/C=C/C1C[C@]1(C)c1cc2c(cc1C)N(C(C)C)C(=O)CC2(C)C. The summed E-state index contributed by atoms with van der Waals surface area (Å²) in [6.07, 6.45) is 7.42. The van der Waals surface area contributed by atoms with Gasteiger partial charge in [0, 0.05) is 29.6 Å². The fourth-order valence-corrected chi connectivity index (χ4v) is 4.98. The van der Waals surface area contributed by atoms with E-state index in [1.807, 2.05) is 24.8 Å². The molecule has 1 aromatic carbocycles. The number of esters is 1. The summed E-state index contributed by atoms with van der Waals surface area (Å²) >= 11 is 0. The zero-order valence-corrected chi connectivity index (χ0v) is 20.3. The Morgan fingerprint density at radius 3 is 2.55 bits per heavy atom. The van der Waals surface area contributed by atoms with E-state index in [4.69, 9.17) is 4.74 Å². The van der Waals surface area contributed by atoms with Crippen molar-refractivity contribution in [3.63, 3.8) is 0 Å². The number of rotatable bonds is 6. The van der Waals surface area contributed by atoms with Crippen molar-refractivity contribution in [1.29, 1.82) is 0 Å². The maximum absolute atomic E-state index is 12.8. The van der Waals surface area contributed by atoms with Crippen LogP contribution in [0.15, 0.2) is 35.9 Å². The molecule has 0 radical (unpaired) electrons. The van der Waals surface area contributed by atoms with Crippen molar-refractivity contribution in [2.45, 2.75) is 85.1 Å². The second-order valence-corrected chi connectivity index (χ2v) is 10.3. The van der Waals surface area contributed by atoms with Crippen LogP contribution in [0.5, 0.6) is 0 Å². The fraction of sp³-hybridized carbons (Fsp3) is 0.556. The summed E-state index contributed by atoms with van der Waals surface area (Å²) in [7, 11) is 0.